The maximum absolute atomic E-state index is 13.1. The van der Waals surface area contributed by atoms with Crippen LogP contribution in [0.3, 0.4) is 0 Å². The van der Waals surface area contributed by atoms with Crippen LogP contribution in [0.1, 0.15) is 66.5 Å². The lowest BCUT2D eigenvalue weighted by Gasteiger charge is -2.35. The SMILES string of the molecule is CCC(CC)(c1ccc(CCC(O)(C(F)(F)F)C(F)(F)F)c(C)c1)c1ccc(-c2ccc(COC=O)cn2)c(C)c1. The van der Waals surface area contributed by atoms with Crippen molar-refractivity contribution in [1.82, 2.24) is 4.98 Å². The summed E-state index contributed by atoms with van der Waals surface area (Å²) < 4.78 is 83.6. The molecule has 0 amide bonds. The summed E-state index contributed by atoms with van der Waals surface area (Å²) in [7, 11) is 0. The summed E-state index contributed by atoms with van der Waals surface area (Å²) in [5.74, 6) is 0. The van der Waals surface area contributed by atoms with E-state index in [1.54, 1.807) is 25.3 Å². The minimum absolute atomic E-state index is 0.133. The Kier molecular flexibility index (Phi) is 9.58. The van der Waals surface area contributed by atoms with Crippen LogP contribution < -0.4 is 0 Å². The molecule has 41 heavy (non-hydrogen) atoms. The predicted octanol–water partition coefficient (Wildman–Crippen LogP) is 7.93. The van der Waals surface area contributed by atoms with Crippen LogP contribution in [0, 0.1) is 13.8 Å². The van der Waals surface area contributed by atoms with Gasteiger partial charge in [-0.25, -0.2) is 0 Å². The zero-order valence-electron chi connectivity index (χ0n) is 23.3. The molecule has 3 aromatic rings. The zero-order valence-corrected chi connectivity index (χ0v) is 23.3. The second-order valence-corrected chi connectivity index (χ2v) is 10.3. The average molecular weight is 582 g/mol. The molecule has 0 saturated carbocycles. The third-order valence-corrected chi connectivity index (χ3v) is 7.99. The van der Waals surface area contributed by atoms with E-state index >= 15 is 0 Å². The number of hydrogen-bond acceptors (Lipinski definition) is 4. The molecular weight excluding hydrogens is 548 g/mol. The Morgan fingerprint density at radius 1 is 0.854 bits per heavy atom. The third-order valence-electron chi connectivity index (χ3n) is 7.99. The van der Waals surface area contributed by atoms with Gasteiger partial charge in [0.25, 0.3) is 12.1 Å². The number of aliphatic hydroxyl groups is 1. The van der Waals surface area contributed by atoms with Crippen molar-refractivity contribution in [3.05, 3.63) is 88.1 Å². The standard InChI is InChI=1S/C31H33F6NO3/c1-5-28(6-2,25-10-11-26(21(4)16-25)27-12-7-22(17-38-27)18-41-19-39)24-9-8-23(20(3)15-24)13-14-29(40,30(32,33)34)31(35,36)37/h7-12,15-17,19,40H,5-6,13-14,18H2,1-4H3. The van der Waals surface area contributed by atoms with Crippen molar-refractivity contribution < 1.29 is 41.0 Å². The fourth-order valence-corrected chi connectivity index (χ4v) is 5.32. The maximum Gasteiger partial charge on any atom is 0.426 e. The van der Waals surface area contributed by atoms with Crippen molar-refractivity contribution in [3.8, 4) is 11.3 Å². The number of aromatic nitrogens is 1. The van der Waals surface area contributed by atoms with E-state index in [9.17, 15) is 36.2 Å². The van der Waals surface area contributed by atoms with Gasteiger partial charge in [-0.1, -0.05) is 56.3 Å². The Labute approximate surface area is 235 Å². The lowest BCUT2D eigenvalue weighted by molar-refractivity contribution is -0.369. The molecule has 0 atom stereocenters. The monoisotopic (exact) mass is 581 g/mol. The molecule has 1 aromatic heterocycles. The Balaban J connectivity index is 1.92. The molecule has 0 aliphatic carbocycles. The average Bonchev–Trinajstić information content (AvgIpc) is 2.91. The molecule has 1 N–H and O–H groups in total. The number of ether oxygens (including phenoxy) is 1. The van der Waals surface area contributed by atoms with Gasteiger partial charge in [0.15, 0.2) is 0 Å². The smallest absolute Gasteiger partial charge is 0.426 e. The number of hydrogen-bond donors (Lipinski definition) is 1. The molecule has 0 bridgehead atoms. The Morgan fingerprint density at radius 2 is 1.44 bits per heavy atom. The van der Waals surface area contributed by atoms with E-state index in [4.69, 9.17) is 4.74 Å². The highest BCUT2D eigenvalue weighted by molar-refractivity contribution is 5.65. The number of alkyl halides is 6. The van der Waals surface area contributed by atoms with Crippen LogP contribution in [0.5, 0.6) is 0 Å². The Morgan fingerprint density at radius 3 is 1.90 bits per heavy atom. The normalized spacial score (nSPS) is 12.9. The molecule has 0 spiro atoms. The highest BCUT2D eigenvalue weighted by atomic mass is 19.4. The first kappa shape index (κ1) is 32.1. The van der Waals surface area contributed by atoms with Crippen molar-refractivity contribution in [2.24, 2.45) is 0 Å². The number of carbonyl (C=O) groups excluding carboxylic acids is 1. The number of halogens is 6. The molecule has 222 valence electrons. The summed E-state index contributed by atoms with van der Waals surface area (Å²) in [6.07, 6.45) is -10.8. The van der Waals surface area contributed by atoms with E-state index in [0.29, 0.717) is 30.4 Å². The van der Waals surface area contributed by atoms with Crippen LogP contribution in [0.15, 0.2) is 54.7 Å². The molecule has 3 rings (SSSR count). The largest absolute Gasteiger partial charge is 0.463 e. The number of pyridine rings is 1. The number of aryl methyl sites for hydroxylation is 3. The third kappa shape index (κ3) is 6.42. The van der Waals surface area contributed by atoms with Crippen molar-refractivity contribution in [3.63, 3.8) is 0 Å². The van der Waals surface area contributed by atoms with Gasteiger partial charge in [-0.2, -0.15) is 26.3 Å². The van der Waals surface area contributed by atoms with Crippen LogP contribution >= 0.6 is 0 Å². The lowest BCUT2D eigenvalue weighted by atomic mass is 9.69. The van der Waals surface area contributed by atoms with Crippen molar-refractivity contribution in [2.75, 3.05) is 0 Å². The number of carbonyl (C=O) groups is 1. The minimum Gasteiger partial charge on any atom is -0.463 e. The van der Waals surface area contributed by atoms with E-state index in [1.807, 2.05) is 51.1 Å². The van der Waals surface area contributed by atoms with Crippen molar-refractivity contribution >= 4 is 6.47 Å². The molecule has 0 saturated heterocycles. The number of benzene rings is 2. The summed E-state index contributed by atoms with van der Waals surface area (Å²) in [6.45, 7) is 8.19. The second kappa shape index (κ2) is 12.2. The molecule has 0 aliphatic heterocycles. The molecule has 0 radical (unpaired) electrons. The van der Waals surface area contributed by atoms with Gasteiger partial charge in [-0.3, -0.25) is 9.78 Å². The lowest BCUT2D eigenvalue weighted by Crippen LogP contribution is -2.57. The highest BCUT2D eigenvalue weighted by Gasteiger charge is 2.69. The van der Waals surface area contributed by atoms with Crippen LogP contribution in [-0.4, -0.2) is 34.5 Å². The van der Waals surface area contributed by atoms with Gasteiger partial charge in [-0.05, 0) is 73.4 Å². The fourth-order valence-electron chi connectivity index (χ4n) is 5.32. The van der Waals surface area contributed by atoms with Crippen LogP contribution in [0.4, 0.5) is 26.3 Å². The second-order valence-electron chi connectivity index (χ2n) is 10.3. The van der Waals surface area contributed by atoms with Gasteiger partial charge < -0.3 is 9.84 Å². The van der Waals surface area contributed by atoms with E-state index < -0.39 is 36.2 Å². The first-order valence-electron chi connectivity index (χ1n) is 13.2. The molecule has 2 aromatic carbocycles. The minimum atomic E-state index is -5.84. The summed E-state index contributed by atoms with van der Waals surface area (Å²) in [5, 5.41) is 9.55. The molecule has 1 heterocycles. The fraction of sp³-hybridized carbons (Fsp3) is 0.419. The van der Waals surface area contributed by atoms with Crippen LogP contribution in [0.2, 0.25) is 0 Å². The molecule has 0 unspecified atom stereocenters. The number of nitrogens with zero attached hydrogens (tertiary/aromatic N) is 1. The first-order valence-corrected chi connectivity index (χ1v) is 13.2. The number of rotatable bonds is 11. The Hall–Kier alpha value is -3.40. The van der Waals surface area contributed by atoms with Gasteiger partial charge in [-0.15, -0.1) is 0 Å². The van der Waals surface area contributed by atoms with E-state index in [-0.39, 0.29) is 6.61 Å². The maximum atomic E-state index is 13.1. The summed E-state index contributed by atoms with van der Waals surface area (Å²) in [5.41, 5.74) is 0.959. The van der Waals surface area contributed by atoms with Gasteiger partial charge in [0.05, 0.1) is 5.69 Å². The zero-order chi connectivity index (χ0) is 30.6. The topological polar surface area (TPSA) is 59.4 Å². The van der Waals surface area contributed by atoms with E-state index in [0.717, 1.165) is 33.5 Å². The molecular formula is C31H33F6NO3. The summed E-state index contributed by atoms with van der Waals surface area (Å²) >= 11 is 0. The first-order chi connectivity index (χ1) is 19.1. The van der Waals surface area contributed by atoms with Gasteiger partial charge in [0.1, 0.15) is 6.61 Å². The van der Waals surface area contributed by atoms with Gasteiger partial charge in [0.2, 0.25) is 0 Å². The van der Waals surface area contributed by atoms with Crippen LogP contribution in [-0.2, 0) is 28.0 Å². The van der Waals surface area contributed by atoms with Crippen LogP contribution in [0.25, 0.3) is 11.3 Å². The molecule has 10 heteroatoms. The molecule has 0 aliphatic rings. The molecule has 4 nitrogen and oxygen atoms in total. The van der Waals surface area contributed by atoms with E-state index in [2.05, 4.69) is 11.1 Å². The summed E-state index contributed by atoms with van der Waals surface area (Å²) in [6, 6.07) is 14.9. The quantitative estimate of drug-likeness (QED) is 0.185. The highest BCUT2D eigenvalue weighted by Crippen LogP contribution is 2.46. The van der Waals surface area contributed by atoms with Gasteiger partial charge in [0, 0.05) is 22.7 Å². The van der Waals surface area contributed by atoms with E-state index in [1.165, 1.54) is 0 Å². The Bertz CT molecular complexity index is 1330. The summed E-state index contributed by atoms with van der Waals surface area (Å²) in [4.78, 5) is 14.9. The molecule has 0 fully saturated rings. The van der Waals surface area contributed by atoms with Crippen molar-refractivity contribution in [2.45, 2.75) is 83.4 Å². The predicted molar refractivity (Wildman–Crippen MR) is 143 cm³/mol. The van der Waals surface area contributed by atoms with Crippen molar-refractivity contribution in [1.29, 1.82) is 0 Å². The van der Waals surface area contributed by atoms with Gasteiger partial charge >= 0.3 is 12.4 Å².